The molecule has 0 spiro atoms. The second-order valence-electron chi connectivity index (χ2n) is 4.72. The lowest BCUT2D eigenvalue weighted by Crippen LogP contribution is -2.15. The number of rotatable bonds is 21. The first-order chi connectivity index (χ1) is 12.4. The van der Waals surface area contributed by atoms with Crippen LogP contribution in [0.4, 0.5) is 0 Å². The zero-order chi connectivity index (χ0) is 18.3. The molecule has 0 aromatic rings. The van der Waals surface area contributed by atoms with Gasteiger partial charge in [0.2, 0.25) is 0 Å². The molecule has 0 heterocycles. The summed E-state index contributed by atoms with van der Waals surface area (Å²) in [6.45, 7) is 7.82. The van der Waals surface area contributed by atoms with E-state index in [-0.39, 0.29) is 0 Å². The van der Waals surface area contributed by atoms with E-state index in [9.17, 15) is 0 Å². The second-order valence-corrected chi connectivity index (χ2v) is 4.72. The van der Waals surface area contributed by atoms with Gasteiger partial charge in [0.15, 0.2) is 0 Å². The highest BCUT2D eigenvalue weighted by molar-refractivity contribution is 4.82. The predicted octanol–water partition coefficient (Wildman–Crippen LogP) is -0.305. The van der Waals surface area contributed by atoms with Gasteiger partial charge in [-0.05, 0) is 0 Å². The van der Waals surface area contributed by atoms with Crippen molar-refractivity contribution in [1.29, 1.82) is 0 Å². The summed E-state index contributed by atoms with van der Waals surface area (Å²) < 4.78 is 37.0. The Morgan fingerprint density at radius 3 is 1.04 bits per heavy atom. The van der Waals surface area contributed by atoms with Crippen LogP contribution in [0, 0.1) is 12.3 Å². The van der Waals surface area contributed by atoms with Crippen LogP contribution in [0.3, 0.4) is 0 Å². The Hall–Kier alpha value is -0.760. The Labute approximate surface area is 151 Å². The average molecular weight is 363 g/mol. The molecule has 0 unspecified atom stereocenters. The molecule has 0 aromatic carbocycles. The van der Waals surface area contributed by atoms with Crippen molar-refractivity contribution in [2.75, 3.05) is 99.0 Å². The van der Waals surface area contributed by atoms with E-state index >= 15 is 0 Å². The van der Waals surface area contributed by atoms with Crippen LogP contribution < -0.4 is 5.73 Å². The van der Waals surface area contributed by atoms with Crippen molar-refractivity contribution in [3.8, 4) is 12.3 Å². The van der Waals surface area contributed by atoms with Crippen LogP contribution >= 0.6 is 0 Å². The van der Waals surface area contributed by atoms with E-state index in [2.05, 4.69) is 5.92 Å². The summed E-state index contributed by atoms with van der Waals surface area (Å²) in [6, 6.07) is 0. The molecule has 148 valence electrons. The third-order valence-corrected chi connectivity index (χ3v) is 2.68. The minimum atomic E-state index is 0.318. The summed E-state index contributed by atoms with van der Waals surface area (Å²) in [6.07, 6.45) is 5.05. The first-order valence-electron chi connectivity index (χ1n) is 8.59. The van der Waals surface area contributed by atoms with E-state index in [1.54, 1.807) is 0 Å². The molecule has 8 heteroatoms. The largest absolute Gasteiger partial charge is 0.378 e. The quantitative estimate of drug-likeness (QED) is 0.219. The van der Waals surface area contributed by atoms with Crippen molar-refractivity contribution in [2.45, 2.75) is 0 Å². The highest BCUT2D eigenvalue weighted by Gasteiger charge is 1.94. The van der Waals surface area contributed by atoms with Crippen molar-refractivity contribution >= 4 is 0 Å². The first kappa shape index (κ1) is 24.2. The smallest absolute Gasteiger partial charge is 0.107 e. The van der Waals surface area contributed by atoms with Gasteiger partial charge in [0, 0.05) is 6.54 Å². The Morgan fingerprint density at radius 2 is 0.760 bits per heavy atom. The second kappa shape index (κ2) is 23.2. The number of ether oxygens (including phenoxy) is 7. The molecule has 0 rings (SSSR count). The summed E-state index contributed by atoms with van der Waals surface area (Å²) >= 11 is 0. The average Bonchev–Trinajstić information content (AvgIpc) is 2.63. The van der Waals surface area contributed by atoms with Crippen LogP contribution in [0.5, 0.6) is 0 Å². The van der Waals surface area contributed by atoms with Crippen LogP contribution in [-0.4, -0.2) is 99.0 Å². The van der Waals surface area contributed by atoms with E-state index in [4.69, 9.17) is 45.3 Å². The zero-order valence-electron chi connectivity index (χ0n) is 15.1. The van der Waals surface area contributed by atoms with Gasteiger partial charge in [0.25, 0.3) is 0 Å². The van der Waals surface area contributed by atoms with Crippen molar-refractivity contribution in [3.05, 3.63) is 0 Å². The summed E-state index contributed by atoms with van der Waals surface area (Å²) in [5.41, 5.74) is 5.29. The molecule has 8 nitrogen and oxygen atoms in total. The van der Waals surface area contributed by atoms with Gasteiger partial charge >= 0.3 is 0 Å². The maximum absolute atomic E-state index is 5.38. The Morgan fingerprint density at radius 1 is 0.480 bits per heavy atom. The van der Waals surface area contributed by atoms with Gasteiger partial charge in [-0.15, -0.1) is 6.42 Å². The molecule has 0 radical (unpaired) electrons. The molecule has 0 saturated heterocycles. The van der Waals surface area contributed by atoms with Gasteiger partial charge in [-0.2, -0.15) is 0 Å². The molecule has 0 aliphatic heterocycles. The van der Waals surface area contributed by atoms with Crippen LogP contribution in [0.2, 0.25) is 0 Å². The van der Waals surface area contributed by atoms with Gasteiger partial charge in [0.1, 0.15) is 6.61 Å². The number of terminal acetylenes is 1. The molecule has 0 aliphatic rings. The molecule has 0 aliphatic carbocycles. The fourth-order valence-corrected chi connectivity index (χ4v) is 1.53. The van der Waals surface area contributed by atoms with E-state index in [0.717, 1.165) is 0 Å². The number of nitrogens with two attached hydrogens (primary N) is 1. The molecule has 25 heavy (non-hydrogen) atoms. The monoisotopic (exact) mass is 363 g/mol. The normalized spacial score (nSPS) is 10.9. The van der Waals surface area contributed by atoms with Gasteiger partial charge in [-0.3, -0.25) is 0 Å². The lowest BCUT2D eigenvalue weighted by atomic mass is 10.6. The van der Waals surface area contributed by atoms with E-state index in [1.165, 1.54) is 0 Å². The molecular weight excluding hydrogens is 330 g/mol. The Kier molecular flexibility index (Phi) is 22.5. The lowest BCUT2D eigenvalue weighted by molar-refractivity contribution is -0.0194. The summed E-state index contributed by atoms with van der Waals surface area (Å²) in [5.74, 6) is 2.39. The maximum atomic E-state index is 5.38. The van der Waals surface area contributed by atoms with Gasteiger partial charge < -0.3 is 38.9 Å². The van der Waals surface area contributed by atoms with Gasteiger partial charge in [0.05, 0.1) is 85.9 Å². The molecule has 0 atom stereocenters. The van der Waals surface area contributed by atoms with Crippen molar-refractivity contribution in [1.82, 2.24) is 0 Å². The Balaban J connectivity index is 2.95. The highest BCUT2D eigenvalue weighted by atomic mass is 16.6. The minimum Gasteiger partial charge on any atom is -0.378 e. The highest BCUT2D eigenvalue weighted by Crippen LogP contribution is 1.84. The number of hydrogen-bond acceptors (Lipinski definition) is 8. The van der Waals surface area contributed by atoms with Gasteiger partial charge in [-0.25, -0.2) is 0 Å². The zero-order valence-corrected chi connectivity index (χ0v) is 15.1. The van der Waals surface area contributed by atoms with Crippen molar-refractivity contribution in [2.24, 2.45) is 5.73 Å². The van der Waals surface area contributed by atoms with E-state index in [0.29, 0.717) is 99.0 Å². The van der Waals surface area contributed by atoms with Gasteiger partial charge in [-0.1, -0.05) is 5.92 Å². The fraction of sp³-hybridized carbons (Fsp3) is 0.882. The van der Waals surface area contributed by atoms with Crippen LogP contribution in [0.15, 0.2) is 0 Å². The number of hydrogen-bond donors (Lipinski definition) is 1. The minimum absolute atomic E-state index is 0.318. The SMILES string of the molecule is C#CCOCCOCCOCCOCCOCCOCCOCCN. The standard InChI is InChI=1S/C17H33NO7/c1-2-4-19-6-8-21-10-12-23-14-16-25-17-15-24-13-11-22-9-7-20-5-3-18/h1H,3-18H2. The Bertz CT molecular complexity index is 287. The third-order valence-electron chi connectivity index (χ3n) is 2.68. The predicted molar refractivity (Wildman–Crippen MR) is 93.6 cm³/mol. The van der Waals surface area contributed by atoms with E-state index < -0.39 is 0 Å². The first-order valence-corrected chi connectivity index (χ1v) is 8.59. The molecule has 0 aromatic heterocycles. The van der Waals surface area contributed by atoms with E-state index in [1.807, 2.05) is 0 Å². The van der Waals surface area contributed by atoms with Crippen LogP contribution in [0.25, 0.3) is 0 Å². The molecule has 0 bridgehead atoms. The topological polar surface area (TPSA) is 90.6 Å². The lowest BCUT2D eigenvalue weighted by Gasteiger charge is -2.08. The summed E-state index contributed by atoms with van der Waals surface area (Å²) in [4.78, 5) is 0. The molecular formula is C17H33NO7. The summed E-state index contributed by atoms with van der Waals surface area (Å²) in [7, 11) is 0. The van der Waals surface area contributed by atoms with Crippen LogP contribution in [0.1, 0.15) is 0 Å². The molecule has 0 fully saturated rings. The molecule has 0 amide bonds. The fourth-order valence-electron chi connectivity index (χ4n) is 1.53. The molecule has 0 saturated carbocycles. The molecule has 2 N–H and O–H groups in total. The third kappa shape index (κ3) is 23.2. The van der Waals surface area contributed by atoms with Crippen LogP contribution in [-0.2, 0) is 33.2 Å². The summed E-state index contributed by atoms with van der Waals surface area (Å²) in [5, 5.41) is 0. The van der Waals surface area contributed by atoms with Crippen molar-refractivity contribution in [3.63, 3.8) is 0 Å². The van der Waals surface area contributed by atoms with Crippen molar-refractivity contribution < 1.29 is 33.2 Å². The maximum Gasteiger partial charge on any atom is 0.107 e.